The topological polar surface area (TPSA) is 41.6 Å². The molecule has 1 N–H and O–H groups in total. The van der Waals surface area contributed by atoms with Gasteiger partial charge in [-0.25, -0.2) is 4.98 Å². The van der Waals surface area contributed by atoms with Gasteiger partial charge < -0.3 is 4.98 Å². The zero-order valence-electron chi connectivity index (χ0n) is 9.59. The van der Waals surface area contributed by atoms with E-state index >= 15 is 0 Å². The van der Waals surface area contributed by atoms with Gasteiger partial charge in [-0.1, -0.05) is 31.2 Å². The van der Waals surface area contributed by atoms with Crippen molar-refractivity contribution in [3.8, 4) is 0 Å². The molecule has 1 aromatic carbocycles. The van der Waals surface area contributed by atoms with Gasteiger partial charge in [0.15, 0.2) is 0 Å². The Balaban J connectivity index is 2.06. The number of imidazole rings is 1. The van der Waals surface area contributed by atoms with E-state index < -0.39 is 0 Å². The molecule has 3 heteroatoms. The van der Waals surface area contributed by atoms with E-state index in [1.165, 1.54) is 5.39 Å². The molecule has 0 amide bonds. The summed E-state index contributed by atoms with van der Waals surface area (Å²) in [6, 6.07) is 12.4. The second-order valence-corrected chi connectivity index (χ2v) is 4.16. The second kappa shape index (κ2) is 4.01. The van der Waals surface area contributed by atoms with Gasteiger partial charge in [0.25, 0.3) is 0 Å². The van der Waals surface area contributed by atoms with Gasteiger partial charge >= 0.3 is 0 Å². The standard InChI is InChI=1S/C14H13N3/c1-10(14-8-15-9-16-14)12-7-6-11-4-2-3-5-13(11)17-12/h2-10H,1H3,(H,15,16). The first-order chi connectivity index (χ1) is 8.34. The molecule has 2 aromatic heterocycles. The molecule has 1 unspecified atom stereocenters. The van der Waals surface area contributed by atoms with Crippen LogP contribution in [0.3, 0.4) is 0 Å². The van der Waals surface area contributed by atoms with Gasteiger partial charge in [0, 0.05) is 28.9 Å². The summed E-state index contributed by atoms with van der Waals surface area (Å²) in [5.74, 6) is 0.238. The molecule has 0 aliphatic carbocycles. The number of para-hydroxylation sites is 1. The van der Waals surface area contributed by atoms with E-state index in [2.05, 4.69) is 40.1 Å². The van der Waals surface area contributed by atoms with Crippen LogP contribution in [0.25, 0.3) is 10.9 Å². The minimum absolute atomic E-state index is 0.238. The van der Waals surface area contributed by atoms with Gasteiger partial charge in [0.2, 0.25) is 0 Å². The van der Waals surface area contributed by atoms with Crippen LogP contribution in [-0.2, 0) is 0 Å². The third kappa shape index (κ3) is 1.80. The number of aromatic nitrogens is 3. The Labute approximate surface area is 99.5 Å². The average molecular weight is 223 g/mol. The summed E-state index contributed by atoms with van der Waals surface area (Å²) in [6.45, 7) is 2.13. The average Bonchev–Trinajstić information content (AvgIpc) is 2.91. The lowest BCUT2D eigenvalue weighted by Gasteiger charge is -2.09. The highest BCUT2D eigenvalue weighted by Crippen LogP contribution is 2.22. The lowest BCUT2D eigenvalue weighted by molar-refractivity contribution is 0.848. The Morgan fingerprint density at radius 2 is 2.00 bits per heavy atom. The van der Waals surface area contributed by atoms with Crippen LogP contribution in [0, 0.1) is 0 Å². The van der Waals surface area contributed by atoms with Crippen LogP contribution in [0.4, 0.5) is 0 Å². The molecule has 0 aliphatic heterocycles. The summed E-state index contributed by atoms with van der Waals surface area (Å²) >= 11 is 0. The van der Waals surface area contributed by atoms with Crippen LogP contribution in [0.15, 0.2) is 48.9 Å². The van der Waals surface area contributed by atoms with E-state index in [1.807, 2.05) is 24.4 Å². The number of hydrogen-bond acceptors (Lipinski definition) is 2. The smallest absolute Gasteiger partial charge is 0.0921 e. The molecule has 3 rings (SSSR count). The zero-order chi connectivity index (χ0) is 11.7. The maximum Gasteiger partial charge on any atom is 0.0921 e. The van der Waals surface area contributed by atoms with E-state index in [4.69, 9.17) is 0 Å². The number of rotatable bonds is 2. The fourth-order valence-corrected chi connectivity index (χ4v) is 1.99. The molecule has 3 nitrogen and oxygen atoms in total. The number of benzene rings is 1. The van der Waals surface area contributed by atoms with Crippen molar-refractivity contribution < 1.29 is 0 Å². The van der Waals surface area contributed by atoms with Gasteiger partial charge in [-0.05, 0) is 12.1 Å². The van der Waals surface area contributed by atoms with E-state index in [0.29, 0.717) is 0 Å². The Kier molecular flexibility index (Phi) is 2.37. The summed E-state index contributed by atoms with van der Waals surface area (Å²) in [7, 11) is 0. The lowest BCUT2D eigenvalue weighted by atomic mass is 10.0. The van der Waals surface area contributed by atoms with E-state index in [0.717, 1.165) is 16.9 Å². The molecular formula is C14H13N3. The molecule has 2 heterocycles. The van der Waals surface area contributed by atoms with Crippen LogP contribution in [0.1, 0.15) is 24.2 Å². The number of nitrogens with one attached hydrogen (secondary N) is 1. The molecule has 0 saturated heterocycles. The number of hydrogen-bond donors (Lipinski definition) is 1. The fraction of sp³-hybridized carbons (Fsp3) is 0.143. The second-order valence-electron chi connectivity index (χ2n) is 4.16. The van der Waals surface area contributed by atoms with Crippen molar-refractivity contribution in [2.45, 2.75) is 12.8 Å². The fourth-order valence-electron chi connectivity index (χ4n) is 1.99. The Morgan fingerprint density at radius 3 is 2.82 bits per heavy atom. The van der Waals surface area contributed by atoms with Gasteiger partial charge in [-0.2, -0.15) is 0 Å². The Hall–Kier alpha value is -2.16. The van der Waals surface area contributed by atoms with E-state index in [9.17, 15) is 0 Å². The SMILES string of the molecule is CC(c1ccc2ccccc2n1)c1cnc[nH]1. The quantitative estimate of drug-likeness (QED) is 0.725. The highest BCUT2D eigenvalue weighted by atomic mass is 14.9. The number of H-pyrrole nitrogens is 1. The molecule has 0 radical (unpaired) electrons. The molecule has 0 aliphatic rings. The number of fused-ring (bicyclic) bond motifs is 1. The molecule has 3 aromatic rings. The summed E-state index contributed by atoms with van der Waals surface area (Å²) in [6.07, 6.45) is 3.55. The van der Waals surface area contributed by atoms with Crippen LogP contribution in [0.2, 0.25) is 0 Å². The van der Waals surface area contributed by atoms with Crippen LogP contribution in [0.5, 0.6) is 0 Å². The number of pyridine rings is 1. The normalized spacial score (nSPS) is 12.8. The van der Waals surface area contributed by atoms with Gasteiger partial charge in [0.1, 0.15) is 0 Å². The number of nitrogens with zero attached hydrogens (tertiary/aromatic N) is 2. The first kappa shape index (κ1) is 10.0. The predicted octanol–water partition coefficient (Wildman–Crippen LogP) is 3.11. The van der Waals surface area contributed by atoms with Crippen LogP contribution >= 0.6 is 0 Å². The highest BCUT2D eigenvalue weighted by molar-refractivity contribution is 5.78. The minimum Gasteiger partial charge on any atom is -0.348 e. The highest BCUT2D eigenvalue weighted by Gasteiger charge is 2.11. The van der Waals surface area contributed by atoms with Crippen molar-refractivity contribution in [3.05, 3.63) is 60.3 Å². The predicted molar refractivity (Wildman–Crippen MR) is 67.8 cm³/mol. The maximum atomic E-state index is 4.68. The first-order valence-electron chi connectivity index (χ1n) is 5.68. The van der Waals surface area contributed by atoms with Crippen molar-refractivity contribution in [2.75, 3.05) is 0 Å². The van der Waals surface area contributed by atoms with Crippen molar-refractivity contribution in [3.63, 3.8) is 0 Å². The molecule has 0 saturated carbocycles. The maximum absolute atomic E-state index is 4.68. The molecule has 0 fully saturated rings. The summed E-state index contributed by atoms with van der Waals surface area (Å²) in [4.78, 5) is 11.9. The third-order valence-electron chi connectivity index (χ3n) is 3.05. The van der Waals surface area contributed by atoms with Crippen molar-refractivity contribution >= 4 is 10.9 Å². The molecule has 0 bridgehead atoms. The monoisotopic (exact) mass is 223 g/mol. The van der Waals surface area contributed by atoms with Crippen molar-refractivity contribution in [2.24, 2.45) is 0 Å². The van der Waals surface area contributed by atoms with Crippen LogP contribution in [-0.4, -0.2) is 15.0 Å². The summed E-state index contributed by atoms with van der Waals surface area (Å²) in [5.41, 5.74) is 3.19. The molecule has 0 spiro atoms. The lowest BCUT2D eigenvalue weighted by Crippen LogP contribution is -1.99. The van der Waals surface area contributed by atoms with Crippen LogP contribution < -0.4 is 0 Å². The van der Waals surface area contributed by atoms with Crippen molar-refractivity contribution in [1.29, 1.82) is 0 Å². The molecule has 17 heavy (non-hydrogen) atoms. The van der Waals surface area contributed by atoms with E-state index in [-0.39, 0.29) is 5.92 Å². The Bertz CT molecular complexity index is 629. The zero-order valence-corrected chi connectivity index (χ0v) is 9.59. The van der Waals surface area contributed by atoms with Gasteiger partial charge in [-0.3, -0.25) is 4.98 Å². The summed E-state index contributed by atoms with van der Waals surface area (Å²) in [5, 5.41) is 1.17. The molecular weight excluding hydrogens is 210 g/mol. The largest absolute Gasteiger partial charge is 0.348 e. The molecule has 1 atom stereocenters. The first-order valence-corrected chi connectivity index (χ1v) is 5.68. The van der Waals surface area contributed by atoms with Gasteiger partial charge in [0.05, 0.1) is 11.8 Å². The summed E-state index contributed by atoms with van der Waals surface area (Å²) < 4.78 is 0. The minimum atomic E-state index is 0.238. The van der Waals surface area contributed by atoms with Crippen molar-refractivity contribution in [1.82, 2.24) is 15.0 Å². The number of aromatic amines is 1. The van der Waals surface area contributed by atoms with Gasteiger partial charge in [-0.15, -0.1) is 0 Å². The molecule has 84 valence electrons. The van der Waals surface area contributed by atoms with E-state index in [1.54, 1.807) is 6.33 Å². The Morgan fingerprint density at radius 1 is 1.12 bits per heavy atom. The third-order valence-corrected chi connectivity index (χ3v) is 3.05.